The molecule has 31 heavy (non-hydrogen) atoms. The molecule has 0 atom stereocenters. The summed E-state index contributed by atoms with van der Waals surface area (Å²) >= 11 is 0. The van der Waals surface area contributed by atoms with E-state index in [-0.39, 0.29) is 24.0 Å². The number of halogens is 1. The van der Waals surface area contributed by atoms with Gasteiger partial charge in [0.2, 0.25) is 0 Å². The molecule has 0 radical (unpaired) electrons. The van der Waals surface area contributed by atoms with Crippen LogP contribution in [-0.2, 0) is 4.79 Å². The maximum atomic E-state index is 13.9. The van der Waals surface area contributed by atoms with Crippen molar-refractivity contribution in [1.29, 1.82) is 0 Å². The molecule has 4 rings (SSSR count). The molecule has 0 saturated carbocycles. The minimum Gasteiger partial charge on any atom is -0.484 e. The van der Waals surface area contributed by atoms with E-state index in [1.54, 1.807) is 40.1 Å². The standard InChI is InChI=1S/C23H21FN2O5/c24-19-5-2-1-4-18(19)23(29)26-11-3-10-25(12-13-26)21(27)15-30-17-8-6-16-7-9-22(28)31-20(16)14-17/h1-2,4-9,14H,3,10-13,15H2. The summed E-state index contributed by atoms with van der Waals surface area (Å²) in [5, 5.41) is 0.755. The number of ether oxygens (including phenoxy) is 1. The zero-order valence-electron chi connectivity index (χ0n) is 16.8. The van der Waals surface area contributed by atoms with Crippen LogP contribution in [0.2, 0.25) is 0 Å². The Kier molecular flexibility index (Phi) is 5.97. The van der Waals surface area contributed by atoms with Gasteiger partial charge < -0.3 is 19.0 Å². The van der Waals surface area contributed by atoms with Crippen LogP contribution in [0.25, 0.3) is 11.0 Å². The van der Waals surface area contributed by atoms with Crippen LogP contribution in [0.5, 0.6) is 5.75 Å². The van der Waals surface area contributed by atoms with Gasteiger partial charge in [0.1, 0.15) is 17.1 Å². The number of carbonyl (C=O) groups excluding carboxylic acids is 2. The third kappa shape index (κ3) is 4.74. The van der Waals surface area contributed by atoms with Gasteiger partial charge in [0, 0.05) is 43.7 Å². The Bertz CT molecular complexity index is 1180. The van der Waals surface area contributed by atoms with E-state index in [4.69, 9.17) is 9.15 Å². The van der Waals surface area contributed by atoms with Crippen molar-refractivity contribution in [2.24, 2.45) is 0 Å². The first-order chi connectivity index (χ1) is 15.0. The summed E-state index contributed by atoms with van der Waals surface area (Å²) in [6.07, 6.45) is 0.590. The Morgan fingerprint density at radius 2 is 1.71 bits per heavy atom. The molecular formula is C23H21FN2O5. The zero-order chi connectivity index (χ0) is 21.8. The Morgan fingerprint density at radius 3 is 2.55 bits per heavy atom. The normalized spacial score (nSPS) is 14.4. The molecule has 2 aromatic carbocycles. The number of benzene rings is 2. The molecule has 0 spiro atoms. The Morgan fingerprint density at radius 1 is 0.968 bits per heavy atom. The number of nitrogens with zero attached hydrogens (tertiary/aromatic N) is 2. The molecule has 160 valence electrons. The van der Waals surface area contributed by atoms with Gasteiger partial charge in [-0.3, -0.25) is 9.59 Å². The highest BCUT2D eigenvalue weighted by Crippen LogP contribution is 2.19. The van der Waals surface area contributed by atoms with Gasteiger partial charge in [-0.1, -0.05) is 12.1 Å². The van der Waals surface area contributed by atoms with Gasteiger partial charge in [-0.2, -0.15) is 0 Å². The van der Waals surface area contributed by atoms with E-state index in [1.807, 2.05) is 0 Å². The summed E-state index contributed by atoms with van der Waals surface area (Å²) in [4.78, 5) is 39.8. The van der Waals surface area contributed by atoms with E-state index in [9.17, 15) is 18.8 Å². The molecule has 0 aliphatic carbocycles. The molecule has 1 aliphatic heterocycles. The molecule has 1 fully saturated rings. The first-order valence-electron chi connectivity index (χ1n) is 9.99. The predicted octanol–water partition coefficient (Wildman–Crippen LogP) is 2.69. The number of fused-ring (bicyclic) bond motifs is 1. The predicted molar refractivity (Wildman–Crippen MR) is 111 cm³/mol. The third-order valence-electron chi connectivity index (χ3n) is 5.20. The van der Waals surface area contributed by atoms with Crippen molar-refractivity contribution < 1.29 is 23.1 Å². The number of carbonyl (C=O) groups is 2. The molecule has 0 N–H and O–H groups in total. The fourth-order valence-corrected chi connectivity index (χ4v) is 3.54. The maximum Gasteiger partial charge on any atom is 0.336 e. The fraction of sp³-hybridized carbons (Fsp3) is 0.261. The average molecular weight is 424 g/mol. The van der Waals surface area contributed by atoms with Crippen molar-refractivity contribution in [2.45, 2.75) is 6.42 Å². The second kappa shape index (κ2) is 8.99. The van der Waals surface area contributed by atoms with Gasteiger partial charge in [-0.25, -0.2) is 9.18 Å². The van der Waals surface area contributed by atoms with Crippen molar-refractivity contribution in [3.63, 3.8) is 0 Å². The van der Waals surface area contributed by atoms with Crippen LogP contribution in [-0.4, -0.2) is 54.4 Å². The van der Waals surface area contributed by atoms with Crippen LogP contribution in [0.15, 0.2) is 63.8 Å². The van der Waals surface area contributed by atoms with Crippen molar-refractivity contribution in [1.82, 2.24) is 9.80 Å². The minimum atomic E-state index is -0.552. The second-order valence-corrected chi connectivity index (χ2v) is 7.25. The summed E-state index contributed by atoms with van der Waals surface area (Å²) in [6, 6.07) is 13.9. The molecule has 3 aromatic rings. The molecule has 2 amide bonds. The topological polar surface area (TPSA) is 80.1 Å². The average Bonchev–Trinajstić information content (AvgIpc) is 3.03. The van der Waals surface area contributed by atoms with Gasteiger partial charge in [0.15, 0.2) is 6.61 Å². The largest absolute Gasteiger partial charge is 0.484 e. The Hall–Kier alpha value is -3.68. The highest BCUT2D eigenvalue weighted by molar-refractivity contribution is 5.94. The molecule has 0 bridgehead atoms. The van der Waals surface area contributed by atoms with Crippen molar-refractivity contribution in [3.05, 3.63) is 76.4 Å². The summed E-state index contributed by atoms with van der Waals surface area (Å²) in [5.41, 5.74) is -0.0390. The SMILES string of the molecule is O=C(COc1ccc2ccc(=O)oc2c1)N1CCCN(C(=O)c2ccccc2F)CC1. The lowest BCUT2D eigenvalue weighted by atomic mass is 10.2. The number of hydrogen-bond acceptors (Lipinski definition) is 5. The monoisotopic (exact) mass is 424 g/mol. The quantitative estimate of drug-likeness (QED) is 0.602. The maximum absolute atomic E-state index is 13.9. The van der Waals surface area contributed by atoms with Gasteiger partial charge in [0.05, 0.1) is 5.56 Å². The minimum absolute atomic E-state index is 0.0357. The highest BCUT2D eigenvalue weighted by Gasteiger charge is 2.24. The second-order valence-electron chi connectivity index (χ2n) is 7.25. The van der Waals surface area contributed by atoms with Crippen LogP contribution in [0.4, 0.5) is 4.39 Å². The van der Waals surface area contributed by atoms with Crippen LogP contribution >= 0.6 is 0 Å². The first kappa shape index (κ1) is 20.6. The molecule has 7 nitrogen and oxygen atoms in total. The van der Waals surface area contributed by atoms with Crippen molar-refractivity contribution >= 4 is 22.8 Å². The van der Waals surface area contributed by atoms with E-state index in [2.05, 4.69) is 0 Å². The lowest BCUT2D eigenvalue weighted by Crippen LogP contribution is -2.39. The van der Waals surface area contributed by atoms with E-state index in [0.29, 0.717) is 43.9 Å². The van der Waals surface area contributed by atoms with Gasteiger partial charge in [-0.15, -0.1) is 0 Å². The lowest BCUT2D eigenvalue weighted by molar-refractivity contribution is -0.133. The first-order valence-corrected chi connectivity index (χ1v) is 9.99. The summed E-state index contributed by atoms with van der Waals surface area (Å²) in [6.45, 7) is 1.41. The molecule has 1 aliphatic rings. The molecule has 2 heterocycles. The van der Waals surface area contributed by atoms with Gasteiger partial charge in [-0.05, 0) is 36.8 Å². The fourth-order valence-electron chi connectivity index (χ4n) is 3.54. The van der Waals surface area contributed by atoms with Crippen LogP contribution in [0.3, 0.4) is 0 Å². The Balaban J connectivity index is 1.35. The highest BCUT2D eigenvalue weighted by atomic mass is 19.1. The summed E-state index contributed by atoms with van der Waals surface area (Å²) in [7, 11) is 0. The van der Waals surface area contributed by atoms with Crippen molar-refractivity contribution in [3.8, 4) is 5.75 Å². The van der Waals surface area contributed by atoms with Gasteiger partial charge >= 0.3 is 5.63 Å². The molecule has 1 aromatic heterocycles. The number of amides is 2. The summed E-state index contributed by atoms with van der Waals surface area (Å²) < 4.78 is 24.6. The summed E-state index contributed by atoms with van der Waals surface area (Å²) in [5.74, 6) is -0.721. The smallest absolute Gasteiger partial charge is 0.336 e. The van der Waals surface area contributed by atoms with Crippen LogP contribution in [0, 0.1) is 5.82 Å². The van der Waals surface area contributed by atoms with Crippen LogP contribution < -0.4 is 10.4 Å². The molecule has 1 saturated heterocycles. The number of hydrogen-bond donors (Lipinski definition) is 0. The molecule has 0 unspecified atom stereocenters. The van der Waals surface area contributed by atoms with E-state index >= 15 is 0 Å². The molecular weight excluding hydrogens is 403 g/mol. The van der Waals surface area contributed by atoms with E-state index in [0.717, 1.165) is 5.39 Å². The van der Waals surface area contributed by atoms with E-state index in [1.165, 1.54) is 24.3 Å². The molecule has 8 heteroatoms. The van der Waals surface area contributed by atoms with Crippen LogP contribution in [0.1, 0.15) is 16.8 Å². The van der Waals surface area contributed by atoms with Gasteiger partial charge in [0.25, 0.3) is 11.8 Å². The number of rotatable bonds is 4. The lowest BCUT2D eigenvalue weighted by Gasteiger charge is -2.22. The Labute approximate surface area is 177 Å². The third-order valence-corrected chi connectivity index (χ3v) is 5.20. The van der Waals surface area contributed by atoms with Crippen molar-refractivity contribution in [2.75, 3.05) is 32.8 Å². The zero-order valence-corrected chi connectivity index (χ0v) is 16.8. The van der Waals surface area contributed by atoms with E-state index < -0.39 is 11.4 Å².